The molecular formula is C32H30N6O2. The number of benzene rings is 2. The summed E-state index contributed by atoms with van der Waals surface area (Å²) in [5.41, 5.74) is 4.81. The molecule has 0 bridgehead atoms. The average molecular weight is 531 g/mol. The Kier molecular flexibility index (Phi) is 6.66. The summed E-state index contributed by atoms with van der Waals surface area (Å²) in [6.07, 6.45) is 4.49. The highest BCUT2D eigenvalue weighted by atomic mass is 16.5. The van der Waals surface area contributed by atoms with Crippen LogP contribution in [-0.2, 0) is 4.79 Å². The Hall–Kier alpha value is -4.74. The van der Waals surface area contributed by atoms with Gasteiger partial charge in [0.15, 0.2) is 0 Å². The molecular weight excluding hydrogens is 500 g/mol. The van der Waals surface area contributed by atoms with Gasteiger partial charge in [0.25, 0.3) is 0 Å². The lowest BCUT2D eigenvalue weighted by Crippen LogP contribution is -2.18. The van der Waals surface area contributed by atoms with E-state index >= 15 is 0 Å². The van der Waals surface area contributed by atoms with Crippen molar-refractivity contribution in [2.75, 3.05) is 30.8 Å². The molecule has 200 valence electrons. The normalized spacial score (nSPS) is 19.3. The largest absolute Gasteiger partial charge is 0.455 e. The van der Waals surface area contributed by atoms with Crippen molar-refractivity contribution in [3.63, 3.8) is 0 Å². The minimum atomic E-state index is -0.298. The Balaban J connectivity index is 1.28. The summed E-state index contributed by atoms with van der Waals surface area (Å²) < 4.78 is 6.01. The molecule has 0 spiro atoms. The molecule has 1 saturated heterocycles. The van der Waals surface area contributed by atoms with Crippen molar-refractivity contribution in [2.45, 2.75) is 13.8 Å². The summed E-state index contributed by atoms with van der Waals surface area (Å²) in [7, 11) is 2.15. The third-order valence-corrected chi connectivity index (χ3v) is 7.52. The van der Waals surface area contributed by atoms with Crippen LogP contribution in [0.5, 0.6) is 11.5 Å². The molecule has 3 heterocycles. The molecule has 8 heteroatoms. The van der Waals surface area contributed by atoms with Gasteiger partial charge >= 0.3 is 0 Å². The van der Waals surface area contributed by atoms with E-state index in [1.165, 1.54) is 12.4 Å². The van der Waals surface area contributed by atoms with Gasteiger partial charge in [-0.25, -0.2) is 9.97 Å². The van der Waals surface area contributed by atoms with E-state index in [1.54, 1.807) is 6.20 Å². The number of aromatic nitrogens is 3. The van der Waals surface area contributed by atoms with Crippen molar-refractivity contribution < 1.29 is 9.53 Å². The number of carbonyl (C=O) groups excluding carboxylic acids is 1. The van der Waals surface area contributed by atoms with Gasteiger partial charge in [-0.05, 0) is 86.8 Å². The average Bonchev–Trinajstić information content (AvgIpc) is 3.41. The number of hydrogen-bond acceptors (Lipinski definition) is 7. The van der Waals surface area contributed by atoms with Crippen LogP contribution < -0.4 is 15.4 Å². The molecule has 6 rings (SSSR count). The van der Waals surface area contributed by atoms with E-state index in [4.69, 9.17) is 4.74 Å². The van der Waals surface area contributed by atoms with Crippen LogP contribution in [0.25, 0.3) is 10.9 Å². The maximum absolute atomic E-state index is 12.3. The summed E-state index contributed by atoms with van der Waals surface area (Å²) >= 11 is 0. The van der Waals surface area contributed by atoms with Gasteiger partial charge in [0, 0.05) is 35.8 Å². The van der Waals surface area contributed by atoms with Gasteiger partial charge in [0.2, 0.25) is 5.91 Å². The molecule has 3 atom stereocenters. The van der Waals surface area contributed by atoms with E-state index in [9.17, 15) is 4.79 Å². The molecule has 0 unspecified atom stereocenters. The second-order valence-corrected chi connectivity index (χ2v) is 10.5. The third-order valence-electron chi connectivity index (χ3n) is 7.52. The predicted octanol–water partition coefficient (Wildman–Crippen LogP) is 5.46. The van der Waals surface area contributed by atoms with Crippen molar-refractivity contribution in [3.8, 4) is 23.3 Å². The SMILES string of the molecule is C=CC(=O)Nc1cc2c(Nc3ccc(Oc4ccc(C)nc4)c(C)c3)ncnc2cc1C#C[C@@H]1[C@H]2CN(C)C[C@@H]12. The van der Waals surface area contributed by atoms with Crippen LogP contribution in [0.1, 0.15) is 16.8 Å². The topological polar surface area (TPSA) is 92.3 Å². The van der Waals surface area contributed by atoms with Gasteiger partial charge in [-0.15, -0.1) is 0 Å². The van der Waals surface area contributed by atoms with Crippen molar-refractivity contribution in [3.05, 3.63) is 84.5 Å². The summed E-state index contributed by atoms with van der Waals surface area (Å²) in [6.45, 7) is 9.71. The maximum Gasteiger partial charge on any atom is 0.247 e. The molecule has 1 amide bonds. The predicted molar refractivity (Wildman–Crippen MR) is 157 cm³/mol. The molecule has 1 aliphatic carbocycles. The van der Waals surface area contributed by atoms with Crippen LogP contribution in [-0.4, -0.2) is 45.9 Å². The minimum absolute atomic E-state index is 0.298. The lowest BCUT2D eigenvalue weighted by atomic mass is 10.1. The first-order valence-electron chi connectivity index (χ1n) is 13.3. The van der Waals surface area contributed by atoms with Crippen LogP contribution in [0, 0.1) is 43.4 Å². The van der Waals surface area contributed by atoms with E-state index < -0.39 is 0 Å². The van der Waals surface area contributed by atoms with Crippen LogP contribution in [0.15, 0.2) is 67.6 Å². The van der Waals surface area contributed by atoms with Gasteiger partial charge in [0.1, 0.15) is 23.6 Å². The van der Waals surface area contributed by atoms with Gasteiger partial charge in [-0.3, -0.25) is 9.78 Å². The van der Waals surface area contributed by atoms with Crippen molar-refractivity contribution >= 4 is 34.0 Å². The summed E-state index contributed by atoms with van der Waals surface area (Å²) in [5.74, 6) is 10.2. The number of pyridine rings is 1. The van der Waals surface area contributed by atoms with Crippen molar-refractivity contribution in [1.82, 2.24) is 19.9 Å². The fourth-order valence-electron chi connectivity index (χ4n) is 5.33. The summed E-state index contributed by atoms with van der Waals surface area (Å²) in [4.78, 5) is 27.9. The van der Waals surface area contributed by atoms with Gasteiger partial charge < -0.3 is 20.3 Å². The second-order valence-electron chi connectivity index (χ2n) is 10.5. The zero-order valence-corrected chi connectivity index (χ0v) is 22.7. The molecule has 4 aromatic rings. The van der Waals surface area contributed by atoms with Crippen LogP contribution in [0.4, 0.5) is 17.2 Å². The number of hydrogen-bond donors (Lipinski definition) is 2. The van der Waals surface area contributed by atoms with Crippen molar-refractivity contribution in [2.24, 2.45) is 17.8 Å². The van der Waals surface area contributed by atoms with Gasteiger partial charge in [0.05, 0.1) is 23.0 Å². The smallest absolute Gasteiger partial charge is 0.247 e. The number of anilines is 3. The van der Waals surface area contributed by atoms with Crippen molar-refractivity contribution in [1.29, 1.82) is 0 Å². The Bertz CT molecular complexity index is 1680. The molecule has 2 aromatic carbocycles. The van der Waals surface area contributed by atoms with Crippen LogP contribution in [0.3, 0.4) is 0 Å². The monoisotopic (exact) mass is 530 g/mol. The van der Waals surface area contributed by atoms with E-state index in [0.29, 0.717) is 35.0 Å². The van der Waals surface area contributed by atoms with E-state index in [1.807, 2.05) is 56.3 Å². The van der Waals surface area contributed by atoms with Gasteiger partial charge in [-0.1, -0.05) is 18.4 Å². The van der Waals surface area contributed by atoms with E-state index in [2.05, 4.69) is 56.0 Å². The van der Waals surface area contributed by atoms with Crippen LogP contribution >= 0.6 is 0 Å². The number of ether oxygens (including phenoxy) is 1. The number of aryl methyl sites for hydroxylation is 2. The molecule has 2 aromatic heterocycles. The fourth-order valence-corrected chi connectivity index (χ4v) is 5.33. The number of nitrogens with one attached hydrogen (secondary N) is 2. The first-order chi connectivity index (χ1) is 19.4. The maximum atomic E-state index is 12.3. The Morgan fingerprint density at radius 1 is 1.10 bits per heavy atom. The number of amides is 1. The summed E-state index contributed by atoms with van der Waals surface area (Å²) in [6, 6.07) is 13.4. The molecule has 40 heavy (non-hydrogen) atoms. The molecule has 2 aliphatic rings. The molecule has 1 saturated carbocycles. The second kappa shape index (κ2) is 10.4. The standard InChI is InChI=1S/C32H30N6O2/c1-5-31(39)37-28-14-25-29(13-21(28)7-10-24-26-16-38(4)17-27(24)26)34-18-35-32(25)36-22-8-11-30(19(2)12-22)40-23-9-6-20(3)33-15-23/h5-6,8-9,11-15,18,24,26-27H,1,16-17H2,2-4H3,(H,37,39)(H,34,35,36)/t24-,26-,27+. The number of likely N-dealkylation sites (tertiary alicyclic amines) is 1. The van der Waals surface area contributed by atoms with Gasteiger partial charge in [-0.2, -0.15) is 0 Å². The zero-order chi connectivity index (χ0) is 27.8. The van der Waals surface area contributed by atoms with E-state index in [0.717, 1.165) is 52.3 Å². The van der Waals surface area contributed by atoms with E-state index in [-0.39, 0.29) is 5.91 Å². The molecule has 8 nitrogen and oxygen atoms in total. The molecule has 1 aliphatic heterocycles. The minimum Gasteiger partial charge on any atom is -0.455 e. The number of rotatable bonds is 6. The highest BCUT2D eigenvalue weighted by Crippen LogP contribution is 2.50. The summed E-state index contributed by atoms with van der Waals surface area (Å²) in [5, 5.41) is 7.08. The zero-order valence-electron chi connectivity index (χ0n) is 22.7. The third kappa shape index (κ3) is 5.24. The molecule has 2 fully saturated rings. The first-order valence-corrected chi connectivity index (χ1v) is 13.3. The quantitative estimate of drug-likeness (QED) is 0.253. The lowest BCUT2D eigenvalue weighted by molar-refractivity contribution is -0.111. The lowest BCUT2D eigenvalue weighted by Gasteiger charge is -2.14. The highest BCUT2D eigenvalue weighted by molar-refractivity contribution is 6.03. The van der Waals surface area contributed by atoms with Crippen LogP contribution in [0.2, 0.25) is 0 Å². The number of nitrogens with zero attached hydrogens (tertiary/aromatic N) is 4. The highest BCUT2D eigenvalue weighted by Gasteiger charge is 2.53. The fraction of sp³-hybridized carbons (Fsp3) is 0.250. The Morgan fingerprint density at radius 2 is 1.93 bits per heavy atom. The number of piperidine rings is 1. The molecule has 2 N–H and O–H groups in total. The molecule has 0 radical (unpaired) electrons. The number of carbonyl (C=O) groups is 1. The first kappa shape index (κ1) is 25.5. The Labute approximate surface area is 233 Å². The Morgan fingerprint density at radius 3 is 2.65 bits per heavy atom. The number of fused-ring (bicyclic) bond motifs is 2.